The first-order chi connectivity index (χ1) is 21.3. The topological polar surface area (TPSA) is 104 Å². The van der Waals surface area contributed by atoms with Gasteiger partial charge in [-0.05, 0) is 79.9 Å². The Kier molecular flexibility index (Phi) is 10.0. The molecule has 2 aromatic carbocycles. The number of nitrogens with one attached hydrogen (secondary N) is 1. The molecular weight excluding hydrogens is 576 g/mol. The zero-order chi connectivity index (χ0) is 31.2. The van der Waals surface area contributed by atoms with Crippen LogP contribution in [-0.4, -0.2) is 48.0 Å². The number of hydrogen-bond donors (Lipinski definition) is 1. The molecule has 44 heavy (non-hydrogen) atoms. The molecule has 2 aliphatic rings. The van der Waals surface area contributed by atoms with Crippen LogP contribution in [0.4, 0.5) is 0 Å². The monoisotopic (exact) mass is 614 g/mol. The molecule has 1 amide bonds. The molecular formula is C35H38N2O6S. The quantitative estimate of drug-likeness (QED) is 0.169. The predicted molar refractivity (Wildman–Crippen MR) is 171 cm³/mol. The second kappa shape index (κ2) is 14.1. The molecule has 8 nitrogen and oxygen atoms in total. The molecule has 2 aliphatic carbocycles. The number of hydrogen-bond acceptors (Lipinski definition) is 8. The van der Waals surface area contributed by atoms with Crippen LogP contribution in [0.2, 0.25) is 0 Å². The zero-order valence-corrected chi connectivity index (χ0v) is 26.4. The molecule has 0 spiro atoms. The van der Waals surface area contributed by atoms with Crippen molar-refractivity contribution in [2.75, 3.05) is 19.1 Å². The highest BCUT2D eigenvalue weighted by Crippen LogP contribution is 2.42. The summed E-state index contributed by atoms with van der Waals surface area (Å²) in [6.07, 6.45) is 8.29. The molecule has 0 saturated heterocycles. The van der Waals surface area contributed by atoms with Crippen LogP contribution >= 0.6 is 11.8 Å². The second-order valence-electron chi connectivity index (χ2n) is 11.2. The van der Waals surface area contributed by atoms with Crippen molar-refractivity contribution >= 4 is 35.2 Å². The number of amides is 1. The maximum atomic E-state index is 13.3. The summed E-state index contributed by atoms with van der Waals surface area (Å²) >= 11 is 1.50. The lowest BCUT2D eigenvalue weighted by Crippen LogP contribution is -2.40. The van der Waals surface area contributed by atoms with E-state index in [0.29, 0.717) is 23.3 Å². The number of carbonyl (C=O) groups excluding carboxylic acids is 3. The molecule has 0 radical (unpaired) electrons. The van der Waals surface area contributed by atoms with Crippen molar-refractivity contribution in [3.8, 4) is 11.5 Å². The summed E-state index contributed by atoms with van der Waals surface area (Å²) in [5, 5.41) is 2.63. The number of nitrogens with zero attached hydrogens (tertiary/aromatic N) is 1. The fraction of sp³-hybridized carbons (Fsp3) is 0.371. The van der Waals surface area contributed by atoms with E-state index >= 15 is 0 Å². The standard InChI is InChI=1S/C35H38N2O6S/c1-21(37-34(39)32-33(29(41-3)17-19-36-32)43-30(38)18-20-44-4)35(40)42-22(2)31(27-13-9-25(10-14-27)23-5-6-23)28-15-11-26(12-16-28)24-7-8-24/h9-17,19,21,23-24H,5-8,18,20H2,1-4H3,(H,37,39)/t21-/m0/s1. The van der Waals surface area contributed by atoms with Crippen LogP contribution < -0.4 is 14.8 Å². The zero-order valence-electron chi connectivity index (χ0n) is 25.6. The number of aromatic nitrogens is 1. The van der Waals surface area contributed by atoms with Crippen LogP contribution in [0.5, 0.6) is 11.5 Å². The van der Waals surface area contributed by atoms with Crippen molar-refractivity contribution < 1.29 is 28.6 Å². The summed E-state index contributed by atoms with van der Waals surface area (Å²) in [4.78, 5) is 43.0. The number of rotatable bonds is 13. The second-order valence-corrected chi connectivity index (χ2v) is 12.2. The molecule has 0 aliphatic heterocycles. The normalized spacial score (nSPS) is 14.7. The summed E-state index contributed by atoms with van der Waals surface area (Å²) in [6.45, 7) is 3.30. The SMILES string of the molecule is COc1ccnc(C(=O)N[C@@H](C)C(=O)OC(C)=C(c2ccc(C3CC3)cc2)c2ccc(C3CC3)cc2)c1OC(=O)CCSC. The van der Waals surface area contributed by atoms with E-state index < -0.39 is 23.9 Å². The first-order valence-corrected chi connectivity index (χ1v) is 16.3. The van der Waals surface area contributed by atoms with E-state index in [9.17, 15) is 14.4 Å². The van der Waals surface area contributed by atoms with Gasteiger partial charge in [0, 0.05) is 23.6 Å². The highest BCUT2D eigenvalue weighted by Gasteiger charge is 2.27. The average molecular weight is 615 g/mol. The summed E-state index contributed by atoms with van der Waals surface area (Å²) < 4.78 is 16.6. The summed E-state index contributed by atoms with van der Waals surface area (Å²) in [5.74, 6) is 0.493. The van der Waals surface area contributed by atoms with Gasteiger partial charge in [0.05, 0.1) is 13.5 Å². The molecule has 1 atom stereocenters. The highest BCUT2D eigenvalue weighted by atomic mass is 32.2. The van der Waals surface area contributed by atoms with Crippen LogP contribution in [-0.2, 0) is 14.3 Å². The maximum absolute atomic E-state index is 13.3. The van der Waals surface area contributed by atoms with Gasteiger partial charge in [0.15, 0.2) is 11.4 Å². The Labute approximate surface area is 262 Å². The lowest BCUT2D eigenvalue weighted by atomic mass is 9.94. The van der Waals surface area contributed by atoms with Gasteiger partial charge in [-0.15, -0.1) is 0 Å². The maximum Gasteiger partial charge on any atom is 0.333 e. The van der Waals surface area contributed by atoms with Crippen LogP contribution in [0.15, 0.2) is 66.6 Å². The summed E-state index contributed by atoms with van der Waals surface area (Å²) in [5.41, 5.74) is 5.19. The number of esters is 2. The molecule has 0 unspecified atom stereocenters. The number of benzene rings is 2. The van der Waals surface area contributed by atoms with Crippen molar-refractivity contribution in [1.29, 1.82) is 0 Å². The van der Waals surface area contributed by atoms with Crippen molar-refractivity contribution in [3.63, 3.8) is 0 Å². The third kappa shape index (κ3) is 7.69. The Morgan fingerprint density at radius 1 is 0.932 bits per heavy atom. The van der Waals surface area contributed by atoms with Crippen LogP contribution in [0.25, 0.3) is 5.57 Å². The third-order valence-corrected chi connectivity index (χ3v) is 8.45. The van der Waals surface area contributed by atoms with Gasteiger partial charge >= 0.3 is 11.9 Å². The summed E-state index contributed by atoms with van der Waals surface area (Å²) in [7, 11) is 1.40. The van der Waals surface area contributed by atoms with Crippen LogP contribution in [0.3, 0.4) is 0 Å². The fourth-order valence-corrected chi connectivity index (χ4v) is 5.44. The minimum atomic E-state index is -1.03. The van der Waals surface area contributed by atoms with E-state index in [1.807, 2.05) is 6.26 Å². The molecule has 1 heterocycles. The number of carbonyl (C=O) groups is 3. The molecule has 2 saturated carbocycles. The fourth-order valence-electron chi connectivity index (χ4n) is 5.07. The molecule has 1 N–H and O–H groups in total. The largest absolute Gasteiger partial charge is 0.493 e. The Bertz CT molecular complexity index is 1480. The minimum absolute atomic E-state index is 0.0955. The molecule has 5 rings (SSSR count). The van der Waals surface area contributed by atoms with E-state index in [1.54, 1.807) is 6.92 Å². The Morgan fingerprint density at radius 3 is 2.00 bits per heavy atom. The lowest BCUT2D eigenvalue weighted by Gasteiger charge is -2.18. The van der Waals surface area contributed by atoms with Crippen molar-refractivity contribution in [2.45, 2.75) is 63.8 Å². The number of ether oxygens (including phenoxy) is 3. The lowest BCUT2D eigenvalue weighted by molar-refractivity contribution is -0.141. The molecule has 2 fully saturated rings. The van der Waals surface area contributed by atoms with Gasteiger partial charge in [-0.3, -0.25) is 9.59 Å². The first-order valence-electron chi connectivity index (χ1n) is 15.0. The number of allylic oxidation sites excluding steroid dienone is 1. The van der Waals surface area contributed by atoms with Crippen molar-refractivity contribution in [3.05, 3.63) is 94.5 Å². The third-order valence-electron chi connectivity index (χ3n) is 7.83. The molecule has 9 heteroatoms. The predicted octanol–water partition coefficient (Wildman–Crippen LogP) is 6.64. The van der Waals surface area contributed by atoms with E-state index in [2.05, 4.69) is 58.8 Å². The Hall–Kier alpha value is -4.11. The molecule has 3 aromatic rings. The Morgan fingerprint density at radius 2 is 1.50 bits per heavy atom. The van der Waals surface area contributed by atoms with Gasteiger partial charge in [-0.2, -0.15) is 11.8 Å². The number of methoxy groups -OCH3 is 1. The van der Waals surface area contributed by atoms with Gasteiger partial charge in [0.1, 0.15) is 11.8 Å². The molecule has 0 bridgehead atoms. The van der Waals surface area contributed by atoms with Gasteiger partial charge in [0.2, 0.25) is 5.75 Å². The number of pyridine rings is 1. The van der Waals surface area contributed by atoms with Gasteiger partial charge in [-0.1, -0.05) is 48.5 Å². The smallest absolute Gasteiger partial charge is 0.333 e. The van der Waals surface area contributed by atoms with Crippen LogP contribution in [0, 0.1) is 0 Å². The van der Waals surface area contributed by atoms with E-state index in [1.165, 1.54) is 74.9 Å². The van der Waals surface area contributed by atoms with Crippen molar-refractivity contribution in [2.24, 2.45) is 0 Å². The highest BCUT2D eigenvalue weighted by molar-refractivity contribution is 7.98. The Balaban J connectivity index is 1.35. The number of thioether (sulfide) groups is 1. The molecule has 1 aromatic heterocycles. The van der Waals surface area contributed by atoms with Crippen LogP contribution in [0.1, 0.15) is 90.5 Å². The molecule has 230 valence electrons. The summed E-state index contributed by atoms with van der Waals surface area (Å²) in [6, 6.07) is 17.4. The van der Waals surface area contributed by atoms with E-state index in [-0.39, 0.29) is 23.6 Å². The van der Waals surface area contributed by atoms with E-state index in [0.717, 1.165) is 16.7 Å². The van der Waals surface area contributed by atoms with Gasteiger partial charge in [-0.25, -0.2) is 9.78 Å². The first kappa shape index (κ1) is 31.3. The van der Waals surface area contributed by atoms with Gasteiger partial charge in [0.25, 0.3) is 5.91 Å². The minimum Gasteiger partial charge on any atom is -0.493 e. The van der Waals surface area contributed by atoms with Crippen molar-refractivity contribution in [1.82, 2.24) is 10.3 Å². The average Bonchev–Trinajstić information content (AvgIpc) is 3.95. The van der Waals surface area contributed by atoms with E-state index in [4.69, 9.17) is 14.2 Å². The van der Waals surface area contributed by atoms with Gasteiger partial charge < -0.3 is 19.5 Å².